The molecule has 0 saturated carbocycles. The molecule has 0 radical (unpaired) electrons. The third-order valence-corrected chi connectivity index (χ3v) is 22.5. The number of nitrogens with zero attached hydrogens (tertiary/aromatic N) is 15. The quantitative estimate of drug-likeness (QED) is 0.0435. The Morgan fingerprint density at radius 3 is 1.35 bits per heavy atom. The van der Waals surface area contributed by atoms with Crippen molar-refractivity contribution in [2.75, 3.05) is 58.4 Å². The van der Waals surface area contributed by atoms with Gasteiger partial charge in [0.2, 0.25) is 35.4 Å². The van der Waals surface area contributed by atoms with Crippen molar-refractivity contribution in [3.05, 3.63) is 310 Å². The monoisotopic (exact) mass is 1770 g/mol. The highest BCUT2D eigenvalue weighted by atomic mass is 35.5. The number of carbonyl (C=O) groups is 3. The van der Waals surface area contributed by atoms with Gasteiger partial charge in [-0.1, -0.05) is 47.6 Å². The summed E-state index contributed by atoms with van der Waals surface area (Å²) in [5.41, 5.74) is 18.3. The van der Waals surface area contributed by atoms with Crippen molar-refractivity contribution in [1.29, 1.82) is 0 Å². The predicted octanol–water partition coefficient (Wildman–Crippen LogP) is 15.8. The van der Waals surface area contributed by atoms with Crippen LogP contribution < -0.4 is 51.7 Å². The fourth-order valence-corrected chi connectivity index (χ4v) is 15.0. The molecule has 0 aliphatic heterocycles. The van der Waals surface area contributed by atoms with Gasteiger partial charge in [-0.25, -0.2) is 44.9 Å². The molecule has 0 saturated heterocycles. The second-order valence-corrected chi connectivity index (χ2v) is 31.2. The lowest BCUT2D eigenvalue weighted by molar-refractivity contribution is -0.118. The minimum atomic E-state index is -0.411. The molecular formula is C103H88ClN21O7. The molecular weight excluding hydrogens is 1680 g/mol. The third-order valence-electron chi connectivity index (χ3n) is 22.3. The fraction of sp³-hybridized carbons (Fsp3) is 0.155. The molecule has 29 heteroatoms. The number of anilines is 3. The maximum atomic E-state index is 12.7. The molecule has 3 amide bonds. The van der Waals surface area contributed by atoms with E-state index in [9.17, 15) is 19.2 Å². The number of likely N-dealkylation sites (N-methyl/N-ethyl adjacent to an activating group) is 3. The van der Waals surface area contributed by atoms with Crippen molar-refractivity contribution < 1.29 is 28.6 Å². The Kier molecular flexibility index (Phi) is 26.4. The summed E-state index contributed by atoms with van der Waals surface area (Å²) in [6, 6.07) is 59.5. The van der Waals surface area contributed by atoms with E-state index in [1.807, 2.05) is 198 Å². The summed E-state index contributed by atoms with van der Waals surface area (Å²) in [4.78, 5) is 102. The van der Waals surface area contributed by atoms with E-state index in [1.54, 1.807) is 154 Å². The number of imidazole rings is 3. The minimum Gasteiger partial charge on any atom is -0.481 e. The average Bonchev–Trinajstić information content (AvgIpc) is 1.60. The number of hydrogen-bond donors (Lipinski definition) is 6. The smallest absolute Gasteiger partial charge is 0.250 e. The molecule has 0 spiro atoms. The number of aryl methyl sites for hydroxylation is 4. The van der Waals surface area contributed by atoms with E-state index < -0.39 is 18.1 Å². The minimum absolute atomic E-state index is 0.0762. The molecule has 0 aliphatic carbocycles. The number of benzene rings is 3. The maximum Gasteiger partial charge on any atom is 0.250 e. The number of rotatable bonds is 18. The Morgan fingerprint density at radius 1 is 0.402 bits per heavy atom. The number of carbonyl (C=O) groups excluding carboxylic acids is 3. The second-order valence-electron chi connectivity index (χ2n) is 30.8. The number of pyridine rings is 12. The van der Waals surface area contributed by atoms with Crippen molar-refractivity contribution in [1.82, 2.24) is 88.5 Å². The van der Waals surface area contributed by atoms with E-state index in [1.165, 1.54) is 0 Å². The molecule has 654 valence electrons. The van der Waals surface area contributed by atoms with Gasteiger partial charge in [-0.15, -0.1) is 0 Å². The van der Waals surface area contributed by atoms with Crippen molar-refractivity contribution in [2.45, 2.75) is 59.7 Å². The van der Waals surface area contributed by atoms with Crippen LogP contribution in [0.3, 0.4) is 0 Å². The van der Waals surface area contributed by atoms with Crippen LogP contribution in [0.5, 0.6) is 17.6 Å². The van der Waals surface area contributed by atoms with Gasteiger partial charge in [0, 0.05) is 141 Å². The Balaban J connectivity index is 0.000000144. The van der Waals surface area contributed by atoms with Crippen molar-refractivity contribution >= 4 is 96.2 Å². The van der Waals surface area contributed by atoms with Crippen LogP contribution in [0, 0.1) is 56.3 Å². The van der Waals surface area contributed by atoms with Crippen LogP contribution in [-0.2, 0) is 21.4 Å². The largest absolute Gasteiger partial charge is 0.481 e. The van der Waals surface area contributed by atoms with E-state index in [-0.39, 0.29) is 23.3 Å². The summed E-state index contributed by atoms with van der Waals surface area (Å²) in [7, 11) is 11.7. The number of hydrogen-bond acceptors (Lipinski definition) is 21. The zero-order valence-corrected chi connectivity index (χ0v) is 75.0. The Hall–Kier alpha value is -16.7. The van der Waals surface area contributed by atoms with Gasteiger partial charge < -0.3 is 50.7 Å². The van der Waals surface area contributed by atoms with Gasteiger partial charge in [0.25, 0.3) is 5.56 Å². The number of halogens is 1. The zero-order valence-electron chi connectivity index (χ0n) is 74.3. The van der Waals surface area contributed by atoms with Crippen molar-refractivity contribution in [3.8, 4) is 121 Å². The lowest BCUT2D eigenvalue weighted by atomic mass is 10.0. The number of amides is 3. The number of nitrogens with one attached hydrogen (secondary N) is 6. The van der Waals surface area contributed by atoms with E-state index in [0.29, 0.717) is 91.1 Å². The molecule has 6 N–H and O–H groups in total. The standard InChI is InChI=1S/C35H31N7O3.C34H28ClN7O2.C34H29N7O2/c1-21-16-17-42-30(18-21)40-33(25-8-14-31(45-5)37-20-25)34(42)26-10-13-29(39-35(44)22(2)36-3)38-27(26)11-6-23-7-12-28-24(19-23)9-15-32(43)41(28)4;1-20-25-9-7-22(18-23(25)13-16-37-20)8-11-28-26(10-12-29(39-28)40-33(43)21(2)36-3)32-31(27-6-5-15-38-34(27)44-4)41-30-19-24(35)14-17-42(30)32;1-21-25-12-10-23(20-24(25)16-18-36-21)11-14-28-26(13-15-29(38-28)39-33(42)22(2)35-3)32-31(27-8-7-17-37-34(27)43-4)40-30-9-5-6-19-41(30)32/h7-10,12-20,22,36H,1-5H3,(H,38,39,44);5-7,9-10,12-19,21,36H,1-4H3,(H,39,40,43);5-10,12-13,15-20,22,35H,1-4H3,(H,38,39,42)/t22-;21-;22-/m000/s1. The van der Waals surface area contributed by atoms with E-state index >= 15 is 0 Å². The summed E-state index contributed by atoms with van der Waals surface area (Å²) >= 11 is 6.36. The first kappa shape index (κ1) is 88.7. The first-order chi connectivity index (χ1) is 64.1. The third kappa shape index (κ3) is 19.0. The van der Waals surface area contributed by atoms with E-state index in [4.69, 9.17) is 55.7 Å². The van der Waals surface area contributed by atoms with Crippen LogP contribution in [0.2, 0.25) is 5.02 Å². The number of fused-ring (bicyclic) bond motifs is 6. The number of methoxy groups -OCH3 is 3. The van der Waals surface area contributed by atoms with Crippen LogP contribution >= 0.6 is 11.6 Å². The Labute approximate surface area is 764 Å². The molecule has 18 aromatic rings. The molecule has 0 unspecified atom stereocenters. The molecule has 0 bridgehead atoms. The maximum absolute atomic E-state index is 12.7. The van der Waals surface area contributed by atoms with Gasteiger partial charge in [-0.05, 0) is 260 Å². The highest BCUT2D eigenvalue weighted by Crippen LogP contribution is 2.42. The predicted molar refractivity (Wildman–Crippen MR) is 516 cm³/mol. The van der Waals surface area contributed by atoms with Crippen LogP contribution in [0.4, 0.5) is 17.5 Å². The van der Waals surface area contributed by atoms with E-state index in [0.717, 1.165) is 117 Å². The van der Waals surface area contributed by atoms with Crippen molar-refractivity contribution in [2.24, 2.45) is 7.05 Å². The lowest BCUT2D eigenvalue weighted by Gasteiger charge is -2.13. The van der Waals surface area contributed by atoms with E-state index in [2.05, 4.69) is 92.3 Å². The molecule has 3 atom stereocenters. The molecule has 18 rings (SSSR count). The summed E-state index contributed by atoms with van der Waals surface area (Å²) in [6.45, 7) is 11.3. The topological polar surface area (TPSA) is 328 Å². The molecule has 15 aromatic heterocycles. The first-order valence-electron chi connectivity index (χ1n) is 42.1. The highest BCUT2D eigenvalue weighted by Gasteiger charge is 2.28. The number of ether oxygens (including phenoxy) is 3. The van der Waals surface area contributed by atoms with Gasteiger partial charge in [0.15, 0.2) is 0 Å². The van der Waals surface area contributed by atoms with Crippen LogP contribution in [0.15, 0.2) is 248 Å². The molecule has 0 aliphatic rings. The SMILES string of the molecule is CN[C@@H](C)C(=O)Nc1ccc(-c2c(-c3ccc(OC)nc3)nc3cc(C)ccn23)c(C#Cc2ccc3c(ccc(=O)n3C)c2)n1.CN[C@@H](C)C(=O)Nc1ccc(-c2c(-c3cccnc3OC)nc3cc(Cl)ccn23)c(C#Cc2ccc3c(C)nccc3c2)n1.CN[C@@H](C)C(=O)Nc1ccc(-c2c(-c3cccnc3OC)nc3ccccn23)c(C#Cc2ccc3c(C)nccc3c2)n1. The van der Waals surface area contributed by atoms with Gasteiger partial charge in [-0.3, -0.25) is 42.3 Å². The van der Waals surface area contributed by atoms with Crippen LogP contribution in [0.25, 0.3) is 117 Å². The molecule has 28 nitrogen and oxygen atoms in total. The molecule has 0 fully saturated rings. The average molecular weight is 1770 g/mol. The number of aromatic nitrogens is 15. The Bertz CT molecular complexity index is 7830. The fourth-order valence-electron chi connectivity index (χ4n) is 14.8. The van der Waals surface area contributed by atoms with Crippen LogP contribution in [0.1, 0.15) is 71.5 Å². The van der Waals surface area contributed by atoms with Crippen molar-refractivity contribution in [3.63, 3.8) is 0 Å². The zero-order chi connectivity index (χ0) is 92.4. The second kappa shape index (κ2) is 39.3. The summed E-state index contributed by atoms with van der Waals surface area (Å²) in [5, 5.41) is 23.2. The summed E-state index contributed by atoms with van der Waals surface area (Å²) in [6.07, 6.45) is 14.4. The molecule has 3 aromatic carbocycles. The lowest BCUT2D eigenvalue weighted by Crippen LogP contribution is -2.35. The molecule has 132 heavy (non-hydrogen) atoms. The molecule has 15 heterocycles. The van der Waals surface area contributed by atoms with Gasteiger partial charge in [0.1, 0.15) is 62.9 Å². The highest BCUT2D eigenvalue weighted by molar-refractivity contribution is 6.30. The normalized spacial score (nSPS) is 11.7. The Morgan fingerprint density at radius 2 is 0.864 bits per heavy atom. The first-order valence-corrected chi connectivity index (χ1v) is 42.4. The van der Waals surface area contributed by atoms with Gasteiger partial charge in [-0.2, -0.15) is 0 Å². The van der Waals surface area contributed by atoms with Crippen LogP contribution in [-0.4, -0.2) is 151 Å². The summed E-state index contributed by atoms with van der Waals surface area (Å²) < 4.78 is 24.0. The van der Waals surface area contributed by atoms with Gasteiger partial charge >= 0.3 is 0 Å². The summed E-state index contributed by atoms with van der Waals surface area (Å²) in [5.74, 6) is 21.6. The van der Waals surface area contributed by atoms with Gasteiger partial charge in [0.05, 0.1) is 78.9 Å².